The summed E-state index contributed by atoms with van der Waals surface area (Å²) in [7, 11) is 0. The number of carbonyl (C=O) groups is 2. The first-order valence-electron chi connectivity index (χ1n) is 8.85. The normalized spacial score (nSPS) is 25.1. The number of benzene rings is 1. The zero-order chi connectivity index (χ0) is 17.1. The smallest absolute Gasteiger partial charge is 0.317 e. The molecule has 2 aliphatic rings. The van der Waals surface area contributed by atoms with Gasteiger partial charge in [0.2, 0.25) is 0 Å². The Hall–Kier alpha value is -2.04. The first-order chi connectivity index (χ1) is 11.5. The zero-order valence-electron chi connectivity index (χ0n) is 14.1. The predicted molar refractivity (Wildman–Crippen MR) is 91.8 cm³/mol. The second kappa shape index (κ2) is 7.24. The van der Waals surface area contributed by atoms with E-state index in [9.17, 15) is 14.7 Å². The van der Waals surface area contributed by atoms with Crippen LogP contribution in [0.25, 0.3) is 0 Å². The van der Waals surface area contributed by atoms with E-state index in [1.165, 1.54) is 18.4 Å². The molecule has 5 heteroatoms. The molecule has 1 aliphatic heterocycles. The minimum Gasteiger partial charge on any atom is -0.481 e. The van der Waals surface area contributed by atoms with Crippen molar-refractivity contribution in [1.82, 2.24) is 10.2 Å². The standard InChI is InChI=1S/C19H26N2O3/c1-13-9-16(18(22)23)12-21(11-13)19(24)20-10-17(15-7-8-15)14-5-3-2-4-6-14/h2-6,13,15-17H,7-12H2,1H3,(H,20,24)(H,22,23). The molecule has 1 aromatic carbocycles. The van der Waals surface area contributed by atoms with Gasteiger partial charge in [-0.15, -0.1) is 0 Å². The van der Waals surface area contributed by atoms with Crippen molar-refractivity contribution in [2.75, 3.05) is 19.6 Å². The van der Waals surface area contributed by atoms with E-state index >= 15 is 0 Å². The lowest BCUT2D eigenvalue weighted by molar-refractivity contribution is -0.143. The van der Waals surface area contributed by atoms with Crippen molar-refractivity contribution >= 4 is 12.0 Å². The Bertz CT molecular complexity index is 586. The highest BCUT2D eigenvalue weighted by Gasteiger charge is 2.34. The highest BCUT2D eigenvalue weighted by molar-refractivity contribution is 5.76. The Morgan fingerprint density at radius 2 is 1.96 bits per heavy atom. The molecule has 0 bridgehead atoms. The third kappa shape index (κ3) is 4.08. The lowest BCUT2D eigenvalue weighted by atomic mass is 9.90. The maximum atomic E-state index is 12.5. The molecule has 0 aromatic heterocycles. The zero-order valence-corrected chi connectivity index (χ0v) is 14.1. The van der Waals surface area contributed by atoms with Crippen LogP contribution in [0.4, 0.5) is 4.79 Å². The summed E-state index contributed by atoms with van der Waals surface area (Å²) >= 11 is 0. The van der Waals surface area contributed by atoms with Gasteiger partial charge in [0.05, 0.1) is 5.92 Å². The van der Waals surface area contributed by atoms with Crippen LogP contribution in [0.5, 0.6) is 0 Å². The summed E-state index contributed by atoms with van der Waals surface area (Å²) in [6.07, 6.45) is 3.09. The molecule has 1 aromatic rings. The second-order valence-corrected chi connectivity index (χ2v) is 7.32. The molecule has 0 spiro atoms. The second-order valence-electron chi connectivity index (χ2n) is 7.32. The fraction of sp³-hybridized carbons (Fsp3) is 0.579. The molecule has 5 nitrogen and oxygen atoms in total. The van der Waals surface area contributed by atoms with Crippen LogP contribution in [0.15, 0.2) is 30.3 Å². The third-order valence-corrected chi connectivity index (χ3v) is 5.19. The number of aliphatic carboxylic acids is 1. The number of amides is 2. The number of hydrogen-bond acceptors (Lipinski definition) is 2. The number of piperidine rings is 1. The van der Waals surface area contributed by atoms with Gasteiger partial charge in [-0.3, -0.25) is 4.79 Å². The number of hydrogen-bond donors (Lipinski definition) is 2. The number of carboxylic acids is 1. The average Bonchev–Trinajstić information content (AvgIpc) is 3.40. The Morgan fingerprint density at radius 3 is 2.58 bits per heavy atom. The molecule has 2 amide bonds. The lowest BCUT2D eigenvalue weighted by Gasteiger charge is -2.35. The van der Waals surface area contributed by atoms with Crippen LogP contribution in [0.1, 0.15) is 37.7 Å². The average molecular weight is 330 g/mol. The van der Waals surface area contributed by atoms with Gasteiger partial charge in [-0.25, -0.2) is 4.79 Å². The molecule has 1 aliphatic carbocycles. The summed E-state index contributed by atoms with van der Waals surface area (Å²) in [6, 6.07) is 10.2. The summed E-state index contributed by atoms with van der Waals surface area (Å²) in [6.45, 7) is 3.57. The predicted octanol–water partition coefficient (Wildman–Crippen LogP) is 2.93. The molecule has 0 radical (unpaired) electrons. The van der Waals surface area contributed by atoms with Gasteiger partial charge in [0.1, 0.15) is 0 Å². The lowest BCUT2D eigenvalue weighted by Crippen LogP contribution is -2.50. The van der Waals surface area contributed by atoms with E-state index in [0.717, 1.165) is 0 Å². The summed E-state index contributed by atoms with van der Waals surface area (Å²) in [5.41, 5.74) is 1.27. The van der Waals surface area contributed by atoms with Gasteiger partial charge in [0.15, 0.2) is 0 Å². The first kappa shape index (κ1) is 16.8. The third-order valence-electron chi connectivity index (χ3n) is 5.19. The van der Waals surface area contributed by atoms with Crippen LogP contribution in [-0.4, -0.2) is 41.6 Å². The topological polar surface area (TPSA) is 69.6 Å². The van der Waals surface area contributed by atoms with E-state index < -0.39 is 11.9 Å². The van der Waals surface area contributed by atoms with Crippen LogP contribution in [0, 0.1) is 17.8 Å². The van der Waals surface area contributed by atoms with E-state index in [4.69, 9.17) is 0 Å². The number of likely N-dealkylation sites (tertiary alicyclic amines) is 1. The number of urea groups is 1. The summed E-state index contributed by atoms with van der Waals surface area (Å²) < 4.78 is 0. The fourth-order valence-corrected chi connectivity index (χ4v) is 3.76. The van der Waals surface area contributed by atoms with Crippen LogP contribution < -0.4 is 5.32 Å². The van der Waals surface area contributed by atoms with Gasteiger partial charge in [0, 0.05) is 25.6 Å². The Labute approximate surface area is 143 Å². The summed E-state index contributed by atoms with van der Waals surface area (Å²) in [5.74, 6) is -0.0290. The summed E-state index contributed by atoms with van der Waals surface area (Å²) in [5, 5.41) is 12.3. The van der Waals surface area contributed by atoms with Crippen molar-refractivity contribution in [3.8, 4) is 0 Å². The molecule has 24 heavy (non-hydrogen) atoms. The number of carbonyl (C=O) groups excluding carboxylic acids is 1. The fourth-order valence-electron chi connectivity index (χ4n) is 3.76. The molecule has 2 N–H and O–H groups in total. The van der Waals surface area contributed by atoms with Gasteiger partial charge < -0.3 is 15.3 Å². The molecule has 1 saturated carbocycles. The largest absolute Gasteiger partial charge is 0.481 e. The van der Waals surface area contributed by atoms with Gasteiger partial charge in [0.25, 0.3) is 0 Å². The molecule has 130 valence electrons. The van der Waals surface area contributed by atoms with Crippen molar-refractivity contribution in [2.24, 2.45) is 17.8 Å². The molecule has 2 fully saturated rings. The molecular weight excluding hydrogens is 304 g/mol. The van der Waals surface area contributed by atoms with Crippen LogP contribution in [0.3, 0.4) is 0 Å². The van der Waals surface area contributed by atoms with Crippen molar-refractivity contribution in [3.05, 3.63) is 35.9 Å². The number of nitrogens with one attached hydrogen (secondary N) is 1. The Kier molecular flexibility index (Phi) is 5.07. The number of rotatable bonds is 5. The van der Waals surface area contributed by atoms with Crippen molar-refractivity contribution in [3.63, 3.8) is 0 Å². The number of carboxylic acid groups (broad SMARTS) is 1. The van der Waals surface area contributed by atoms with Crippen LogP contribution >= 0.6 is 0 Å². The van der Waals surface area contributed by atoms with Gasteiger partial charge in [-0.05, 0) is 36.7 Å². The molecule has 3 unspecified atom stereocenters. The monoisotopic (exact) mass is 330 g/mol. The summed E-state index contributed by atoms with van der Waals surface area (Å²) in [4.78, 5) is 25.4. The Balaban J connectivity index is 1.58. The number of nitrogens with zero attached hydrogens (tertiary/aromatic N) is 1. The quantitative estimate of drug-likeness (QED) is 0.872. The van der Waals surface area contributed by atoms with Gasteiger partial charge in [-0.2, -0.15) is 0 Å². The molecule has 3 atom stereocenters. The minimum absolute atomic E-state index is 0.130. The van der Waals surface area contributed by atoms with E-state index in [-0.39, 0.29) is 11.9 Å². The molecule has 1 heterocycles. The SMILES string of the molecule is CC1CC(C(=O)O)CN(C(=O)NCC(c2ccccc2)C2CC2)C1. The maximum absolute atomic E-state index is 12.5. The van der Waals surface area contributed by atoms with Gasteiger partial charge in [-0.1, -0.05) is 37.3 Å². The van der Waals surface area contributed by atoms with Crippen LogP contribution in [0.2, 0.25) is 0 Å². The Morgan fingerprint density at radius 1 is 1.25 bits per heavy atom. The molecule has 1 saturated heterocycles. The highest BCUT2D eigenvalue weighted by Crippen LogP contribution is 2.42. The van der Waals surface area contributed by atoms with Crippen LogP contribution in [-0.2, 0) is 4.79 Å². The highest BCUT2D eigenvalue weighted by atomic mass is 16.4. The van der Waals surface area contributed by atoms with E-state index in [2.05, 4.69) is 17.4 Å². The van der Waals surface area contributed by atoms with Crippen molar-refractivity contribution in [1.29, 1.82) is 0 Å². The molecular formula is C19H26N2O3. The maximum Gasteiger partial charge on any atom is 0.317 e. The first-order valence-corrected chi connectivity index (χ1v) is 8.85. The minimum atomic E-state index is -0.806. The van der Waals surface area contributed by atoms with E-state index in [0.29, 0.717) is 37.9 Å². The molecule has 3 rings (SSSR count). The van der Waals surface area contributed by atoms with Crippen molar-refractivity contribution in [2.45, 2.75) is 32.1 Å². The van der Waals surface area contributed by atoms with E-state index in [1.807, 2.05) is 25.1 Å². The van der Waals surface area contributed by atoms with Gasteiger partial charge >= 0.3 is 12.0 Å². The van der Waals surface area contributed by atoms with Crippen molar-refractivity contribution < 1.29 is 14.7 Å². The van der Waals surface area contributed by atoms with E-state index in [1.54, 1.807) is 4.90 Å².